The van der Waals surface area contributed by atoms with E-state index in [2.05, 4.69) is 12.7 Å². The van der Waals surface area contributed by atoms with E-state index in [1.807, 2.05) is 6.08 Å². The van der Waals surface area contributed by atoms with E-state index in [9.17, 15) is 13.2 Å². The summed E-state index contributed by atoms with van der Waals surface area (Å²) in [6.45, 7) is 6.17. The summed E-state index contributed by atoms with van der Waals surface area (Å²) in [4.78, 5) is 0. The van der Waals surface area contributed by atoms with Crippen LogP contribution < -0.4 is 9.47 Å². The Morgan fingerprint density at radius 1 is 0.882 bits per heavy atom. The van der Waals surface area contributed by atoms with Gasteiger partial charge in [-0.1, -0.05) is 42.5 Å². The fourth-order valence-corrected chi connectivity index (χ4v) is 4.09. The van der Waals surface area contributed by atoms with Crippen molar-refractivity contribution in [3.63, 3.8) is 0 Å². The molecule has 2 nitrogen and oxygen atoms in total. The van der Waals surface area contributed by atoms with Crippen LogP contribution in [-0.4, -0.2) is 13.2 Å². The summed E-state index contributed by atoms with van der Waals surface area (Å²) >= 11 is 0. The third-order valence-electron chi connectivity index (χ3n) is 6.10. The van der Waals surface area contributed by atoms with Gasteiger partial charge in [0.05, 0.1) is 6.61 Å². The smallest absolute Gasteiger partial charge is 0.201 e. The lowest BCUT2D eigenvalue weighted by Gasteiger charge is -2.19. The van der Waals surface area contributed by atoms with E-state index < -0.39 is 17.5 Å². The molecular weight excluding hydrogens is 437 g/mol. The van der Waals surface area contributed by atoms with Gasteiger partial charge < -0.3 is 9.47 Å². The first-order valence-corrected chi connectivity index (χ1v) is 11.4. The fourth-order valence-electron chi connectivity index (χ4n) is 4.09. The van der Waals surface area contributed by atoms with Gasteiger partial charge in [0.25, 0.3) is 0 Å². The Bertz CT molecular complexity index is 1200. The van der Waals surface area contributed by atoms with E-state index in [1.54, 1.807) is 43.3 Å². The number of ether oxygens (including phenoxy) is 2. The Hall–Kier alpha value is -3.47. The van der Waals surface area contributed by atoms with Crippen molar-refractivity contribution in [1.29, 1.82) is 0 Å². The lowest BCUT2D eigenvalue weighted by molar-refractivity contribution is 0.314. The quantitative estimate of drug-likeness (QED) is 0.313. The Morgan fingerprint density at radius 2 is 1.59 bits per heavy atom. The van der Waals surface area contributed by atoms with Crippen LogP contribution in [0.15, 0.2) is 78.9 Å². The van der Waals surface area contributed by atoms with Gasteiger partial charge in [-0.2, -0.15) is 4.39 Å². The van der Waals surface area contributed by atoms with Crippen molar-refractivity contribution in [1.82, 2.24) is 0 Å². The molecule has 0 fully saturated rings. The Kier molecular flexibility index (Phi) is 7.41. The van der Waals surface area contributed by atoms with E-state index in [1.165, 1.54) is 23.8 Å². The molecule has 4 rings (SSSR count). The third kappa shape index (κ3) is 5.19. The third-order valence-corrected chi connectivity index (χ3v) is 6.10. The molecule has 0 heterocycles. The van der Waals surface area contributed by atoms with Crippen LogP contribution in [-0.2, 0) is 0 Å². The molecule has 1 aliphatic rings. The highest BCUT2D eigenvalue weighted by Gasteiger charge is 2.16. The maximum absolute atomic E-state index is 14.7. The predicted octanol–water partition coefficient (Wildman–Crippen LogP) is 8.13. The summed E-state index contributed by atoms with van der Waals surface area (Å²) < 4.78 is 54.2. The van der Waals surface area contributed by atoms with E-state index in [4.69, 9.17) is 9.47 Å². The molecule has 5 heteroatoms. The van der Waals surface area contributed by atoms with E-state index in [0.717, 1.165) is 24.8 Å². The number of hydrogen-bond donors (Lipinski definition) is 0. The highest BCUT2D eigenvalue weighted by atomic mass is 19.2. The van der Waals surface area contributed by atoms with Crippen LogP contribution in [0.2, 0.25) is 0 Å². The average Bonchev–Trinajstić information content (AvgIpc) is 2.87. The van der Waals surface area contributed by atoms with Gasteiger partial charge >= 0.3 is 0 Å². The van der Waals surface area contributed by atoms with E-state index in [-0.39, 0.29) is 23.7 Å². The maximum atomic E-state index is 14.7. The summed E-state index contributed by atoms with van der Waals surface area (Å²) in [5.41, 5.74) is 3.25. The summed E-state index contributed by atoms with van der Waals surface area (Å²) in [7, 11) is 0. The minimum atomic E-state index is -1.01. The molecule has 0 bridgehead atoms. The molecule has 1 unspecified atom stereocenters. The van der Waals surface area contributed by atoms with Crippen molar-refractivity contribution in [3.8, 4) is 33.8 Å². The summed E-state index contributed by atoms with van der Waals surface area (Å²) in [5, 5.41) is 0. The largest absolute Gasteiger partial charge is 0.491 e. The predicted molar refractivity (Wildman–Crippen MR) is 129 cm³/mol. The van der Waals surface area contributed by atoms with Gasteiger partial charge in [0.1, 0.15) is 6.61 Å². The van der Waals surface area contributed by atoms with E-state index >= 15 is 0 Å². The summed E-state index contributed by atoms with van der Waals surface area (Å²) in [6.07, 6.45) is 7.06. The Morgan fingerprint density at radius 3 is 2.24 bits per heavy atom. The van der Waals surface area contributed by atoms with Crippen molar-refractivity contribution < 1.29 is 22.6 Å². The molecule has 1 aliphatic carbocycles. The number of rotatable bonds is 8. The van der Waals surface area contributed by atoms with Crippen LogP contribution >= 0.6 is 0 Å². The second kappa shape index (κ2) is 10.6. The standard InChI is InChI=1S/C29H27F3O2/c1-3-19-5-7-20(8-6-19)18-34-26-15-13-23(17-25(26)30)21-9-11-22(12-10-21)24-14-16-27(33-4-2)29(32)28(24)31/h3,7,9-17,19H,1,4-6,8,18H2,2H3. The highest BCUT2D eigenvalue weighted by Crippen LogP contribution is 2.32. The lowest BCUT2D eigenvalue weighted by Crippen LogP contribution is -2.09. The first-order chi connectivity index (χ1) is 16.5. The normalized spacial score (nSPS) is 15.5. The molecule has 0 aromatic heterocycles. The van der Waals surface area contributed by atoms with Crippen LogP contribution in [0, 0.1) is 23.4 Å². The van der Waals surface area contributed by atoms with Crippen molar-refractivity contribution in [3.05, 3.63) is 96.4 Å². The van der Waals surface area contributed by atoms with Crippen LogP contribution in [0.1, 0.15) is 26.2 Å². The number of benzene rings is 3. The average molecular weight is 465 g/mol. The second-order valence-corrected chi connectivity index (χ2v) is 8.32. The molecule has 3 aromatic carbocycles. The van der Waals surface area contributed by atoms with Crippen LogP contribution in [0.3, 0.4) is 0 Å². The molecule has 176 valence electrons. The maximum Gasteiger partial charge on any atom is 0.201 e. The topological polar surface area (TPSA) is 18.5 Å². The minimum absolute atomic E-state index is 0.112. The number of hydrogen-bond acceptors (Lipinski definition) is 2. The molecule has 34 heavy (non-hydrogen) atoms. The van der Waals surface area contributed by atoms with Crippen molar-refractivity contribution in [2.45, 2.75) is 26.2 Å². The second-order valence-electron chi connectivity index (χ2n) is 8.32. The van der Waals surface area contributed by atoms with Crippen molar-refractivity contribution in [2.24, 2.45) is 5.92 Å². The summed E-state index contributed by atoms with van der Waals surface area (Å²) in [6, 6.07) is 14.6. The zero-order chi connectivity index (χ0) is 24.1. The highest BCUT2D eigenvalue weighted by molar-refractivity contribution is 5.71. The zero-order valence-corrected chi connectivity index (χ0v) is 19.1. The van der Waals surface area contributed by atoms with Crippen LogP contribution in [0.25, 0.3) is 22.3 Å². The van der Waals surface area contributed by atoms with Gasteiger partial charge in [0, 0.05) is 5.56 Å². The molecule has 3 aromatic rings. The number of allylic oxidation sites excluding steroid dienone is 2. The minimum Gasteiger partial charge on any atom is -0.491 e. The van der Waals surface area contributed by atoms with Gasteiger partial charge in [-0.3, -0.25) is 0 Å². The fraction of sp³-hybridized carbons (Fsp3) is 0.241. The van der Waals surface area contributed by atoms with Crippen LogP contribution in [0.5, 0.6) is 11.5 Å². The Labute approximate surface area is 198 Å². The van der Waals surface area contributed by atoms with Crippen LogP contribution in [0.4, 0.5) is 13.2 Å². The monoisotopic (exact) mass is 464 g/mol. The Balaban J connectivity index is 1.46. The van der Waals surface area contributed by atoms with Crippen molar-refractivity contribution in [2.75, 3.05) is 13.2 Å². The van der Waals surface area contributed by atoms with Gasteiger partial charge in [0.15, 0.2) is 23.1 Å². The molecule has 0 amide bonds. The van der Waals surface area contributed by atoms with Gasteiger partial charge in [0.2, 0.25) is 5.82 Å². The van der Waals surface area contributed by atoms with Gasteiger partial charge in [-0.15, -0.1) is 6.58 Å². The van der Waals surface area contributed by atoms with E-state index in [0.29, 0.717) is 23.7 Å². The molecule has 1 atom stereocenters. The summed E-state index contributed by atoms with van der Waals surface area (Å²) in [5.74, 6) is -1.81. The zero-order valence-electron chi connectivity index (χ0n) is 19.1. The molecule has 0 spiro atoms. The SMILES string of the molecule is C=CC1CC=C(COc2ccc(-c3ccc(-c4ccc(OCC)c(F)c4F)cc3)cc2F)CC1. The first-order valence-electron chi connectivity index (χ1n) is 11.4. The molecule has 0 saturated heterocycles. The molecule has 0 radical (unpaired) electrons. The van der Waals surface area contributed by atoms with Gasteiger partial charge in [-0.25, -0.2) is 8.78 Å². The molecule has 0 aliphatic heterocycles. The number of halogens is 3. The van der Waals surface area contributed by atoms with Crippen molar-refractivity contribution >= 4 is 0 Å². The van der Waals surface area contributed by atoms with Gasteiger partial charge in [-0.05, 0) is 78.6 Å². The molecular formula is C29H27F3O2. The molecule has 0 N–H and O–H groups in total. The molecule has 0 saturated carbocycles. The first kappa shape index (κ1) is 23.7. The lowest BCUT2D eigenvalue weighted by atomic mass is 9.90.